The number of hydrazine groups is 1. The van der Waals surface area contributed by atoms with Crippen LogP contribution in [0, 0.1) is 0 Å². The third kappa shape index (κ3) is 4.29. The van der Waals surface area contributed by atoms with Gasteiger partial charge in [-0.25, -0.2) is 10.0 Å². The average molecular weight is 376 g/mol. The maximum Gasteiger partial charge on any atom is 0.250 e. The smallest absolute Gasteiger partial charge is 0.250 e. The number of rotatable bonds is 4. The Bertz CT molecular complexity index is 954. The van der Waals surface area contributed by atoms with E-state index < -0.39 is 0 Å². The van der Waals surface area contributed by atoms with Crippen LogP contribution in [0.3, 0.4) is 0 Å². The number of anilines is 2. The molecule has 0 unspecified atom stereocenters. The van der Waals surface area contributed by atoms with Crippen molar-refractivity contribution in [2.45, 2.75) is 13.3 Å². The van der Waals surface area contributed by atoms with Crippen LogP contribution >= 0.6 is 0 Å². The van der Waals surface area contributed by atoms with Crippen LogP contribution in [-0.4, -0.2) is 22.0 Å². The summed E-state index contributed by atoms with van der Waals surface area (Å²) >= 11 is 0. The van der Waals surface area contributed by atoms with Gasteiger partial charge in [0.1, 0.15) is 11.5 Å². The van der Waals surface area contributed by atoms with Crippen LogP contribution in [0.1, 0.15) is 12.5 Å². The number of para-hydroxylation sites is 1. The van der Waals surface area contributed by atoms with Crippen molar-refractivity contribution >= 4 is 23.2 Å². The second-order valence-electron chi connectivity index (χ2n) is 6.23. The van der Waals surface area contributed by atoms with Gasteiger partial charge in [0.2, 0.25) is 5.91 Å². The topological polar surface area (TPSA) is 81.1 Å². The second kappa shape index (κ2) is 8.26. The summed E-state index contributed by atoms with van der Waals surface area (Å²) in [5.41, 5.74) is 1.70. The van der Waals surface area contributed by atoms with Crippen molar-refractivity contribution in [3.05, 3.63) is 84.4 Å². The van der Waals surface area contributed by atoms with Gasteiger partial charge in [-0.05, 0) is 54.1 Å². The number of carbonyl (C=O) groups is 2. The molecule has 0 atom stereocenters. The van der Waals surface area contributed by atoms with Crippen molar-refractivity contribution in [3.63, 3.8) is 0 Å². The van der Waals surface area contributed by atoms with E-state index >= 15 is 0 Å². The maximum atomic E-state index is 13.2. The first-order chi connectivity index (χ1) is 13.5. The molecule has 0 aliphatic heterocycles. The van der Waals surface area contributed by atoms with Gasteiger partial charge in [-0.3, -0.25) is 9.59 Å². The lowest BCUT2D eigenvalue weighted by atomic mass is 10.1. The molecule has 0 fully saturated rings. The Morgan fingerprint density at radius 1 is 0.714 bits per heavy atom. The zero-order chi connectivity index (χ0) is 20.1. The number of aromatic hydroxyl groups is 2. The molecule has 3 aromatic rings. The molecule has 6 nitrogen and oxygen atoms in total. The summed E-state index contributed by atoms with van der Waals surface area (Å²) in [6.07, 6.45) is 0.0387. The van der Waals surface area contributed by atoms with Crippen LogP contribution in [0.25, 0.3) is 0 Å². The van der Waals surface area contributed by atoms with E-state index in [4.69, 9.17) is 0 Å². The van der Waals surface area contributed by atoms with Gasteiger partial charge < -0.3 is 10.2 Å². The number of nitrogens with zero attached hydrogens (tertiary/aromatic N) is 2. The zero-order valence-corrected chi connectivity index (χ0v) is 15.3. The SMILES string of the molecule is CC(=O)N(c1ccc(O)cc1)N(C(=O)Cc1ccc(O)cc1)c1ccccc1. The standard InChI is InChI=1S/C22H20N2O4/c1-16(25)23(19-9-13-21(27)14-10-19)24(18-5-3-2-4-6-18)22(28)15-17-7-11-20(26)12-8-17/h2-14,26-27H,15H2,1H3. The van der Waals surface area contributed by atoms with Gasteiger partial charge in [-0.1, -0.05) is 30.3 Å². The predicted molar refractivity (Wildman–Crippen MR) is 107 cm³/mol. The minimum Gasteiger partial charge on any atom is -0.508 e. The van der Waals surface area contributed by atoms with Gasteiger partial charge >= 0.3 is 0 Å². The number of phenols is 2. The van der Waals surface area contributed by atoms with Gasteiger partial charge in [0.25, 0.3) is 5.91 Å². The molecule has 0 heterocycles. The Balaban J connectivity index is 2.02. The first kappa shape index (κ1) is 19.0. The van der Waals surface area contributed by atoms with E-state index in [0.29, 0.717) is 16.9 Å². The Hall–Kier alpha value is -3.80. The van der Waals surface area contributed by atoms with Crippen LogP contribution in [0.5, 0.6) is 11.5 Å². The first-order valence-electron chi connectivity index (χ1n) is 8.71. The molecule has 0 saturated heterocycles. The molecule has 3 rings (SSSR count). The van der Waals surface area contributed by atoms with E-state index in [2.05, 4.69) is 0 Å². The highest BCUT2D eigenvalue weighted by atomic mass is 16.3. The molecule has 3 aromatic carbocycles. The van der Waals surface area contributed by atoms with Crippen LogP contribution in [-0.2, 0) is 16.0 Å². The van der Waals surface area contributed by atoms with Crippen molar-refractivity contribution < 1.29 is 19.8 Å². The van der Waals surface area contributed by atoms with Gasteiger partial charge in [0, 0.05) is 6.92 Å². The number of benzene rings is 3. The minimum absolute atomic E-state index is 0.0387. The van der Waals surface area contributed by atoms with Crippen LogP contribution < -0.4 is 10.0 Å². The van der Waals surface area contributed by atoms with Crippen molar-refractivity contribution in [1.82, 2.24) is 0 Å². The predicted octanol–water partition coefficient (Wildman–Crippen LogP) is 3.64. The fourth-order valence-electron chi connectivity index (χ4n) is 2.84. The Kier molecular flexibility index (Phi) is 5.60. The maximum absolute atomic E-state index is 13.2. The summed E-state index contributed by atoms with van der Waals surface area (Å²) in [5, 5.41) is 21.6. The van der Waals surface area contributed by atoms with Crippen molar-refractivity contribution in [2.24, 2.45) is 0 Å². The molecule has 28 heavy (non-hydrogen) atoms. The fourth-order valence-corrected chi connectivity index (χ4v) is 2.84. The molecule has 2 amide bonds. The minimum atomic E-state index is -0.353. The van der Waals surface area contributed by atoms with Gasteiger partial charge in [0.05, 0.1) is 17.8 Å². The quantitative estimate of drug-likeness (QED) is 0.681. The Labute approximate surface area is 162 Å². The highest BCUT2D eigenvalue weighted by Crippen LogP contribution is 2.26. The molecule has 0 aliphatic carbocycles. The average Bonchev–Trinajstić information content (AvgIpc) is 2.69. The molecule has 0 spiro atoms. The molecule has 0 saturated carbocycles. The van der Waals surface area contributed by atoms with E-state index in [1.807, 2.05) is 6.07 Å². The Morgan fingerprint density at radius 3 is 1.75 bits per heavy atom. The van der Waals surface area contributed by atoms with Crippen molar-refractivity contribution in [3.8, 4) is 11.5 Å². The summed E-state index contributed by atoms with van der Waals surface area (Å²) < 4.78 is 0. The molecular weight excluding hydrogens is 356 g/mol. The number of hydrogen-bond donors (Lipinski definition) is 2. The molecular formula is C22H20N2O4. The van der Waals surface area contributed by atoms with Crippen molar-refractivity contribution in [2.75, 3.05) is 10.0 Å². The normalized spacial score (nSPS) is 10.3. The summed E-state index contributed by atoms with van der Waals surface area (Å²) in [4.78, 5) is 25.7. The number of phenolic OH excluding ortho intramolecular Hbond substituents is 2. The van der Waals surface area contributed by atoms with E-state index in [9.17, 15) is 19.8 Å². The molecule has 2 N–H and O–H groups in total. The monoisotopic (exact) mass is 376 g/mol. The Morgan fingerprint density at radius 2 is 1.21 bits per heavy atom. The van der Waals surface area contributed by atoms with E-state index in [1.165, 1.54) is 41.2 Å². The van der Waals surface area contributed by atoms with Gasteiger partial charge in [-0.15, -0.1) is 0 Å². The van der Waals surface area contributed by atoms with Crippen LogP contribution in [0.4, 0.5) is 11.4 Å². The lowest BCUT2D eigenvalue weighted by Crippen LogP contribution is -2.50. The third-order valence-electron chi connectivity index (χ3n) is 4.12. The molecule has 142 valence electrons. The van der Waals surface area contributed by atoms with E-state index in [-0.39, 0.29) is 29.7 Å². The molecule has 0 bridgehead atoms. The first-order valence-corrected chi connectivity index (χ1v) is 8.71. The molecule has 0 aliphatic rings. The fraction of sp³-hybridized carbons (Fsp3) is 0.0909. The summed E-state index contributed by atoms with van der Waals surface area (Å²) in [6.45, 7) is 1.37. The van der Waals surface area contributed by atoms with E-state index in [0.717, 1.165) is 0 Å². The highest BCUT2D eigenvalue weighted by molar-refractivity contribution is 6.06. The van der Waals surface area contributed by atoms with E-state index in [1.54, 1.807) is 48.5 Å². The third-order valence-corrected chi connectivity index (χ3v) is 4.12. The van der Waals surface area contributed by atoms with Crippen LogP contribution in [0.2, 0.25) is 0 Å². The second-order valence-corrected chi connectivity index (χ2v) is 6.23. The lowest BCUT2D eigenvalue weighted by molar-refractivity contribution is -0.122. The van der Waals surface area contributed by atoms with Gasteiger partial charge in [-0.2, -0.15) is 0 Å². The summed E-state index contributed by atoms with van der Waals surface area (Å²) in [6, 6.07) is 21.3. The lowest BCUT2D eigenvalue weighted by Gasteiger charge is -2.34. The number of carbonyl (C=O) groups excluding carboxylic acids is 2. The van der Waals surface area contributed by atoms with Gasteiger partial charge in [0.15, 0.2) is 0 Å². The summed E-state index contributed by atoms with van der Waals surface area (Å²) in [7, 11) is 0. The van der Waals surface area contributed by atoms with Crippen LogP contribution in [0.15, 0.2) is 78.9 Å². The number of hydrogen-bond acceptors (Lipinski definition) is 4. The number of amides is 2. The largest absolute Gasteiger partial charge is 0.508 e. The van der Waals surface area contributed by atoms with Crippen molar-refractivity contribution in [1.29, 1.82) is 0 Å². The molecule has 0 aromatic heterocycles. The summed E-state index contributed by atoms with van der Waals surface area (Å²) in [5.74, 6) is -0.492. The molecule has 6 heteroatoms. The molecule has 0 radical (unpaired) electrons. The zero-order valence-electron chi connectivity index (χ0n) is 15.3. The highest BCUT2D eigenvalue weighted by Gasteiger charge is 2.27.